The number of aromatic amines is 1. The molecule has 3 N–H and O–H groups in total. The lowest BCUT2D eigenvalue weighted by molar-refractivity contribution is 0.0953. The molecule has 104 valence electrons. The van der Waals surface area contributed by atoms with Crippen LogP contribution in [0.25, 0.3) is 0 Å². The van der Waals surface area contributed by atoms with Crippen molar-refractivity contribution in [3.63, 3.8) is 0 Å². The molecule has 0 saturated carbocycles. The second kappa shape index (κ2) is 5.73. The van der Waals surface area contributed by atoms with Gasteiger partial charge in [-0.2, -0.15) is 5.10 Å². The van der Waals surface area contributed by atoms with Gasteiger partial charge in [-0.1, -0.05) is 6.07 Å². The highest BCUT2D eigenvalue weighted by atomic mass is 16.1. The summed E-state index contributed by atoms with van der Waals surface area (Å²) >= 11 is 0. The van der Waals surface area contributed by atoms with Gasteiger partial charge in [0, 0.05) is 30.8 Å². The van der Waals surface area contributed by atoms with E-state index in [-0.39, 0.29) is 5.91 Å². The number of aryl methyl sites for hydroxylation is 1. The molecule has 0 saturated heterocycles. The summed E-state index contributed by atoms with van der Waals surface area (Å²) in [5, 5.41) is 12.8. The Morgan fingerprint density at radius 1 is 1.40 bits per heavy atom. The molecular weight excluding hydrogens is 254 g/mol. The summed E-state index contributed by atoms with van der Waals surface area (Å²) in [6, 6.07) is 5.84. The van der Waals surface area contributed by atoms with Crippen molar-refractivity contribution in [3.05, 3.63) is 41.5 Å². The summed E-state index contributed by atoms with van der Waals surface area (Å²) in [7, 11) is 0. The highest BCUT2D eigenvalue weighted by Crippen LogP contribution is 2.23. The number of carbonyl (C=O) groups excluding carboxylic acids is 1. The van der Waals surface area contributed by atoms with Gasteiger partial charge < -0.3 is 10.6 Å². The first-order valence-corrected chi connectivity index (χ1v) is 6.82. The molecule has 2 aromatic rings. The number of hydrogen-bond acceptors (Lipinski definition) is 4. The molecule has 1 aromatic carbocycles. The number of H-pyrrole nitrogens is 1. The molecule has 6 nitrogen and oxygen atoms in total. The summed E-state index contributed by atoms with van der Waals surface area (Å²) in [6.07, 6.45) is 4.15. The number of rotatable bonds is 5. The largest absolute Gasteiger partial charge is 0.384 e. The van der Waals surface area contributed by atoms with Crippen LogP contribution >= 0.6 is 0 Å². The van der Waals surface area contributed by atoms with E-state index in [0.29, 0.717) is 12.1 Å². The Morgan fingerprint density at radius 2 is 2.35 bits per heavy atom. The second-order valence-corrected chi connectivity index (χ2v) is 4.84. The first-order valence-electron chi connectivity index (χ1n) is 6.82. The molecule has 0 fully saturated rings. The molecule has 6 heteroatoms. The zero-order valence-electron chi connectivity index (χ0n) is 11.1. The van der Waals surface area contributed by atoms with Gasteiger partial charge in [0.05, 0.1) is 0 Å². The van der Waals surface area contributed by atoms with E-state index in [1.54, 1.807) is 0 Å². The number of aromatic nitrogens is 3. The van der Waals surface area contributed by atoms with Gasteiger partial charge in [0.1, 0.15) is 12.2 Å². The van der Waals surface area contributed by atoms with Crippen LogP contribution in [0.4, 0.5) is 5.69 Å². The number of hydrogen-bond donors (Lipinski definition) is 3. The average molecular weight is 271 g/mol. The number of nitrogens with one attached hydrogen (secondary N) is 3. The lowest BCUT2D eigenvalue weighted by Gasteiger charge is -2.06. The molecule has 20 heavy (non-hydrogen) atoms. The van der Waals surface area contributed by atoms with E-state index >= 15 is 0 Å². The number of benzene rings is 1. The molecule has 0 unspecified atom stereocenters. The number of nitrogens with zero attached hydrogens (tertiary/aromatic N) is 2. The lowest BCUT2D eigenvalue weighted by Crippen LogP contribution is -2.24. The van der Waals surface area contributed by atoms with E-state index in [2.05, 4.69) is 25.8 Å². The van der Waals surface area contributed by atoms with Gasteiger partial charge in [0.25, 0.3) is 5.91 Å². The highest BCUT2D eigenvalue weighted by molar-refractivity contribution is 5.95. The first kappa shape index (κ1) is 12.7. The van der Waals surface area contributed by atoms with E-state index in [4.69, 9.17) is 0 Å². The third-order valence-corrected chi connectivity index (χ3v) is 3.42. The number of amides is 1. The van der Waals surface area contributed by atoms with Gasteiger partial charge in [0.15, 0.2) is 0 Å². The van der Waals surface area contributed by atoms with Crippen LogP contribution in [0.15, 0.2) is 24.5 Å². The normalized spacial score (nSPS) is 12.8. The van der Waals surface area contributed by atoms with E-state index in [9.17, 15) is 4.79 Å². The topological polar surface area (TPSA) is 82.7 Å². The summed E-state index contributed by atoms with van der Waals surface area (Å²) < 4.78 is 0. The fraction of sp³-hybridized carbons (Fsp3) is 0.357. The standard InChI is InChI=1S/C14H17N5O/c20-14(16-6-1-2-13-17-9-18-19-13)11-4-3-10-5-7-15-12(10)8-11/h3-4,8-9,15H,1-2,5-7H2,(H,16,20)(H,17,18,19). The molecule has 3 rings (SSSR count). The van der Waals surface area contributed by atoms with E-state index in [1.165, 1.54) is 11.9 Å². The Balaban J connectivity index is 1.49. The van der Waals surface area contributed by atoms with Crippen LogP contribution < -0.4 is 10.6 Å². The van der Waals surface area contributed by atoms with Crippen molar-refractivity contribution in [3.8, 4) is 0 Å². The van der Waals surface area contributed by atoms with Crippen LogP contribution in [0, 0.1) is 0 Å². The van der Waals surface area contributed by atoms with Crippen LogP contribution in [-0.4, -0.2) is 34.2 Å². The third kappa shape index (κ3) is 2.79. The summed E-state index contributed by atoms with van der Waals surface area (Å²) in [4.78, 5) is 16.1. The maximum Gasteiger partial charge on any atom is 0.251 e. The molecule has 0 spiro atoms. The summed E-state index contributed by atoms with van der Waals surface area (Å²) in [6.45, 7) is 1.58. The second-order valence-electron chi connectivity index (χ2n) is 4.84. The quantitative estimate of drug-likeness (QED) is 0.712. The Kier molecular flexibility index (Phi) is 3.62. The van der Waals surface area contributed by atoms with Gasteiger partial charge in [-0.3, -0.25) is 9.89 Å². The van der Waals surface area contributed by atoms with E-state index in [1.807, 2.05) is 18.2 Å². The van der Waals surface area contributed by atoms with Crippen molar-refractivity contribution in [2.75, 3.05) is 18.4 Å². The fourth-order valence-electron chi connectivity index (χ4n) is 2.34. The van der Waals surface area contributed by atoms with Crippen LogP contribution in [0.3, 0.4) is 0 Å². The van der Waals surface area contributed by atoms with E-state index < -0.39 is 0 Å². The van der Waals surface area contributed by atoms with Gasteiger partial charge in [-0.25, -0.2) is 4.98 Å². The minimum absolute atomic E-state index is 0.0286. The number of fused-ring (bicyclic) bond motifs is 1. The molecule has 1 aliphatic rings. The van der Waals surface area contributed by atoms with Gasteiger partial charge >= 0.3 is 0 Å². The Hall–Kier alpha value is -2.37. The van der Waals surface area contributed by atoms with Crippen LogP contribution in [-0.2, 0) is 12.8 Å². The molecule has 0 radical (unpaired) electrons. The average Bonchev–Trinajstić information content (AvgIpc) is 3.13. The van der Waals surface area contributed by atoms with Gasteiger partial charge in [0.2, 0.25) is 0 Å². The highest BCUT2D eigenvalue weighted by Gasteiger charge is 2.13. The molecule has 0 atom stereocenters. The van der Waals surface area contributed by atoms with Crippen molar-refractivity contribution < 1.29 is 4.79 Å². The summed E-state index contributed by atoms with van der Waals surface area (Å²) in [5.74, 6) is 0.819. The van der Waals surface area contributed by atoms with Crippen LogP contribution in [0.2, 0.25) is 0 Å². The van der Waals surface area contributed by atoms with Crippen molar-refractivity contribution >= 4 is 11.6 Å². The van der Waals surface area contributed by atoms with Crippen molar-refractivity contribution in [2.24, 2.45) is 0 Å². The van der Waals surface area contributed by atoms with E-state index in [0.717, 1.165) is 37.3 Å². The van der Waals surface area contributed by atoms with Gasteiger partial charge in [-0.15, -0.1) is 0 Å². The zero-order valence-corrected chi connectivity index (χ0v) is 11.1. The Bertz CT molecular complexity index is 594. The molecule has 2 heterocycles. The molecule has 1 amide bonds. The lowest BCUT2D eigenvalue weighted by atomic mass is 10.1. The first-order chi connectivity index (χ1) is 9.83. The Morgan fingerprint density at radius 3 is 3.20 bits per heavy atom. The molecule has 0 bridgehead atoms. The summed E-state index contributed by atoms with van der Waals surface area (Å²) in [5.41, 5.74) is 3.07. The fourth-order valence-corrected chi connectivity index (χ4v) is 2.34. The SMILES string of the molecule is O=C(NCCCc1ncn[nH]1)c1ccc2c(c1)NCC2. The van der Waals surface area contributed by atoms with Crippen molar-refractivity contribution in [1.29, 1.82) is 0 Å². The maximum absolute atomic E-state index is 12.0. The maximum atomic E-state index is 12.0. The Labute approximate surface area is 117 Å². The van der Waals surface area contributed by atoms with Gasteiger partial charge in [-0.05, 0) is 30.5 Å². The van der Waals surface area contributed by atoms with Crippen molar-refractivity contribution in [1.82, 2.24) is 20.5 Å². The smallest absolute Gasteiger partial charge is 0.251 e. The predicted molar refractivity (Wildman–Crippen MR) is 75.7 cm³/mol. The molecule has 1 aromatic heterocycles. The molecule has 0 aliphatic carbocycles. The minimum Gasteiger partial charge on any atom is -0.384 e. The van der Waals surface area contributed by atoms with Crippen molar-refractivity contribution in [2.45, 2.75) is 19.3 Å². The number of carbonyl (C=O) groups is 1. The zero-order chi connectivity index (χ0) is 13.8. The number of anilines is 1. The monoisotopic (exact) mass is 271 g/mol. The van der Waals surface area contributed by atoms with Crippen LogP contribution in [0.5, 0.6) is 0 Å². The minimum atomic E-state index is -0.0286. The third-order valence-electron chi connectivity index (χ3n) is 3.42. The molecular formula is C14H17N5O. The van der Waals surface area contributed by atoms with Crippen LogP contribution in [0.1, 0.15) is 28.2 Å². The predicted octanol–water partition coefficient (Wildman–Crippen LogP) is 1.14. The molecule has 1 aliphatic heterocycles.